The zero-order valence-corrected chi connectivity index (χ0v) is 12.3. The molecule has 2 rings (SSSR count). The molecule has 1 aromatic carbocycles. The van der Waals surface area contributed by atoms with Gasteiger partial charge in [-0.1, -0.05) is 12.1 Å². The fourth-order valence-corrected chi connectivity index (χ4v) is 3.86. The average Bonchev–Trinajstić information content (AvgIpc) is 2.80. The van der Waals surface area contributed by atoms with E-state index in [1.165, 1.54) is 28.4 Å². The van der Waals surface area contributed by atoms with Crippen LogP contribution < -0.4 is 0 Å². The highest BCUT2D eigenvalue weighted by atomic mass is 32.2. The van der Waals surface area contributed by atoms with E-state index in [1.54, 1.807) is 12.1 Å². The van der Waals surface area contributed by atoms with Crippen LogP contribution in [0, 0.1) is 0 Å². The highest BCUT2D eigenvalue weighted by Crippen LogP contribution is 2.32. The predicted molar refractivity (Wildman–Crippen MR) is 77.7 cm³/mol. The summed E-state index contributed by atoms with van der Waals surface area (Å²) in [5, 5.41) is 9.10. The number of carboxylic acid groups (broad SMARTS) is 1. The number of carbonyl (C=O) groups excluding carboxylic acids is 1. The summed E-state index contributed by atoms with van der Waals surface area (Å²) in [7, 11) is 0. The van der Waals surface area contributed by atoms with E-state index < -0.39 is 12.0 Å². The van der Waals surface area contributed by atoms with Crippen LogP contribution in [0.15, 0.2) is 29.2 Å². The number of thioether (sulfide) groups is 2. The van der Waals surface area contributed by atoms with Crippen molar-refractivity contribution < 1.29 is 14.7 Å². The van der Waals surface area contributed by atoms with Crippen LogP contribution in [0.4, 0.5) is 0 Å². The lowest BCUT2D eigenvalue weighted by molar-refractivity contribution is -0.141. The second-order valence-electron chi connectivity index (χ2n) is 4.20. The monoisotopic (exact) mass is 297 g/mol. The van der Waals surface area contributed by atoms with Crippen LogP contribution in [0.2, 0.25) is 0 Å². The quantitative estimate of drug-likeness (QED) is 0.868. The molecule has 2 atom stereocenters. The molecule has 1 aliphatic rings. The molecule has 1 aromatic rings. The summed E-state index contributed by atoms with van der Waals surface area (Å²) >= 11 is 2.99. The van der Waals surface area contributed by atoms with E-state index in [2.05, 4.69) is 0 Å². The van der Waals surface area contributed by atoms with E-state index in [0.29, 0.717) is 11.3 Å². The van der Waals surface area contributed by atoms with Crippen LogP contribution in [-0.2, 0) is 4.79 Å². The summed E-state index contributed by atoms with van der Waals surface area (Å²) in [5.74, 6) is -0.689. The van der Waals surface area contributed by atoms with E-state index in [4.69, 9.17) is 0 Å². The Balaban J connectivity index is 2.34. The number of nitrogens with zero attached hydrogens (tertiary/aromatic N) is 1. The maximum Gasteiger partial charge on any atom is 0.327 e. The highest BCUT2D eigenvalue weighted by molar-refractivity contribution is 8.00. The number of benzene rings is 1. The van der Waals surface area contributed by atoms with Crippen molar-refractivity contribution in [1.82, 2.24) is 4.90 Å². The van der Waals surface area contributed by atoms with Crippen LogP contribution in [0.25, 0.3) is 0 Å². The first-order valence-electron chi connectivity index (χ1n) is 5.86. The molecule has 4 nitrogen and oxygen atoms in total. The summed E-state index contributed by atoms with van der Waals surface area (Å²) in [5.41, 5.74) is 0.579. The molecule has 0 radical (unpaired) electrons. The van der Waals surface area contributed by atoms with Gasteiger partial charge in [0, 0.05) is 10.6 Å². The van der Waals surface area contributed by atoms with Gasteiger partial charge in [-0.05, 0) is 25.3 Å². The van der Waals surface area contributed by atoms with Crippen molar-refractivity contribution in [3.05, 3.63) is 29.8 Å². The summed E-state index contributed by atoms with van der Waals surface area (Å²) < 4.78 is 0. The third-order valence-corrected chi connectivity index (χ3v) is 5.09. The molecular formula is C13H15NO3S2. The van der Waals surface area contributed by atoms with Gasteiger partial charge >= 0.3 is 5.97 Å². The Morgan fingerprint density at radius 3 is 2.74 bits per heavy atom. The molecule has 1 N–H and O–H groups in total. The second kappa shape index (κ2) is 5.88. The Hall–Kier alpha value is -1.14. The van der Waals surface area contributed by atoms with E-state index in [0.717, 1.165) is 4.90 Å². The third kappa shape index (κ3) is 2.74. The number of carbonyl (C=O) groups is 2. The lowest BCUT2D eigenvalue weighted by atomic mass is 10.1. The molecule has 1 saturated heterocycles. The lowest BCUT2D eigenvalue weighted by Crippen LogP contribution is -2.44. The van der Waals surface area contributed by atoms with Crippen LogP contribution >= 0.6 is 23.5 Å². The van der Waals surface area contributed by atoms with Crippen LogP contribution in [-0.4, -0.2) is 45.3 Å². The van der Waals surface area contributed by atoms with Crippen molar-refractivity contribution in [2.45, 2.75) is 23.2 Å². The molecule has 1 fully saturated rings. The van der Waals surface area contributed by atoms with Gasteiger partial charge in [0.2, 0.25) is 0 Å². The van der Waals surface area contributed by atoms with Gasteiger partial charge < -0.3 is 10.0 Å². The molecule has 102 valence electrons. The molecule has 0 aromatic heterocycles. The molecule has 0 aliphatic carbocycles. The smallest absolute Gasteiger partial charge is 0.327 e. The van der Waals surface area contributed by atoms with Crippen LogP contribution in [0.3, 0.4) is 0 Å². The van der Waals surface area contributed by atoms with E-state index in [-0.39, 0.29) is 11.3 Å². The van der Waals surface area contributed by atoms with Crippen LogP contribution in [0.5, 0.6) is 0 Å². The Labute approximate surface area is 120 Å². The molecule has 19 heavy (non-hydrogen) atoms. The van der Waals surface area contributed by atoms with Gasteiger partial charge in [0.1, 0.15) is 6.04 Å². The Morgan fingerprint density at radius 1 is 1.42 bits per heavy atom. The van der Waals surface area contributed by atoms with E-state index in [9.17, 15) is 14.7 Å². The largest absolute Gasteiger partial charge is 0.480 e. The number of aliphatic carboxylic acids is 1. The molecule has 0 saturated carbocycles. The molecule has 0 bridgehead atoms. The number of carboxylic acids is 1. The van der Waals surface area contributed by atoms with E-state index in [1.807, 2.05) is 25.3 Å². The third-order valence-electron chi connectivity index (χ3n) is 3.08. The highest BCUT2D eigenvalue weighted by Gasteiger charge is 2.40. The molecule has 6 heteroatoms. The Kier molecular flexibility index (Phi) is 4.42. The zero-order valence-electron chi connectivity index (χ0n) is 10.7. The van der Waals surface area contributed by atoms with Gasteiger partial charge in [-0.2, -0.15) is 0 Å². The Bertz CT molecular complexity index is 506. The van der Waals surface area contributed by atoms with Gasteiger partial charge in [-0.25, -0.2) is 4.79 Å². The number of hydrogen-bond donors (Lipinski definition) is 1. The minimum absolute atomic E-state index is 0.108. The Morgan fingerprint density at radius 2 is 2.11 bits per heavy atom. The minimum Gasteiger partial charge on any atom is -0.480 e. The summed E-state index contributed by atoms with van der Waals surface area (Å²) in [6, 6.07) is 6.57. The van der Waals surface area contributed by atoms with Gasteiger partial charge in [0.05, 0.1) is 10.9 Å². The predicted octanol–water partition coefficient (Wildman–Crippen LogP) is 2.40. The maximum atomic E-state index is 12.6. The molecule has 1 amide bonds. The van der Waals surface area contributed by atoms with Gasteiger partial charge in [0.15, 0.2) is 0 Å². The minimum atomic E-state index is -0.938. The number of rotatable bonds is 3. The first-order chi connectivity index (χ1) is 9.06. The molecule has 1 heterocycles. The van der Waals surface area contributed by atoms with Gasteiger partial charge in [-0.15, -0.1) is 23.5 Å². The fraction of sp³-hybridized carbons (Fsp3) is 0.385. The summed E-state index contributed by atoms with van der Waals surface area (Å²) in [6.07, 6.45) is 1.91. The average molecular weight is 297 g/mol. The van der Waals surface area contributed by atoms with Crippen molar-refractivity contribution in [2.24, 2.45) is 0 Å². The van der Waals surface area contributed by atoms with E-state index >= 15 is 0 Å². The number of amides is 1. The molecular weight excluding hydrogens is 282 g/mol. The van der Waals surface area contributed by atoms with Crippen molar-refractivity contribution in [3.63, 3.8) is 0 Å². The fourth-order valence-electron chi connectivity index (χ4n) is 2.10. The molecule has 1 aliphatic heterocycles. The molecule has 2 unspecified atom stereocenters. The zero-order chi connectivity index (χ0) is 14.0. The first-order valence-corrected chi connectivity index (χ1v) is 8.13. The van der Waals surface area contributed by atoms with Crippen molar-refractivity contribution in [2.75, 3.05) is 12.0 Å². The van der Waals surface area contributed by atoms with Crippen molar-refractivity contribution in [3.8, 4) is 0 Å². The van der Waals surface area contributed by atoms with Crippen molar-refractivity contribution in [1.29, 1.82) is 0 Å². The summed E-state index contributed by atoms with van der Waals surface area (Å²) in [6.45, 7) is 1.87. The SMILES string of the molecule is CSc1ccccc1C(=O)N1C(C)SCC1C(=O)O. The van der Waals surface area contributed by atoms with Gasteiger partial charge in [0.25, 0.3) is 5.91 Å². The standard InChI is InChI=1S/C13H15NO3S2/c1-8-14(10(7-19-8)13(16)17)12(15)9-5-3-4-6-11(9)18-2/h3-6,8,10H,7H2,1-2H3,(H,16,17). The maximum absolute atomic E-state index is 12.6. The van der Waals surface area contributed by atoms with Crippen LogP contribution in [0.1, 0.15) is 17.3 Å². The molecule has 0 spiro atoms. The van der Waals surface area contributed by atoms with Gasteiger partial charge in [-0.3, -0.25) is 4.79 Å². The second-order valence-corrected chi connectivity index (χ2v) is 6.40. The van der Waals surface area contributed by atoms with Crippen molar-refractivity contribution >= 4 is 35.4 Å². The lowest BCUT2D eigenvalue weighted by Gasteiger charge is -2.25. The first kappa shape index (κ1) is 14.3. The summed E-state index contributed by atoms with van der Waals surface area (Å²) in [4.78, 5) is 26.2. The number of hydrogen-bond acceptors (Lipinski definition) is 4. The normalized spacial score (nSPS) is 22.5. The topological polar surface area (TPSA) is 57.6 Å².